The van der Waals surface area contributed by atoms with Crippen LogP contribution in [-0.4, -0.2) is 41.2 Å². The third-order valence-electron chi connectivity index (χ3n) is 7.18. The quantitative estimate of drug-likeness (QED) is 0.572. The molecule has 0 radical (unpaired) electrons. The number of hydrogen-bond acceptors (Lipinski definition) is 5. The van der Waals surface area contributed by atoms with E-state index in [2.05, 4.69) is 16.3 Å². The highest BCUT2D eigenvalue weighted by Gasteiger charge is 2.56. The molecule has 0 saturated heterocycles. The lowest BCUT2D eigenvalue weighted by Crippen LogP contribution is -2.46. The second-order valence-electron chi connectivity index (χ2n) is 8.78. The number of nitrogens with one attached hydrogen (secondary N) is 1. The number of carbonyl (C=O) groups is 2. The number of rotatable bonds is 6. The molecular formula is C26H27N3O4. The van der Waals surface area contributed by atoms with Gasteiger partial charge in [-0.05, 0) is 53.6 Å². The monoisotopic (exact) mass is 445 g/mol. The third kappa shape index (κ3) is 3.48. The Balaban J connectivity index is 1.61. The molecule has 1 aliphatic heterocycles. The van der Waals surface area contributed by atoms with Gasteiger partial charge in [-0.15, -0.1) is 0 Å². The number of carbonyl (C=O) groups excluding carboxylic acids is 2. The van der Waals surface area contributed by atoms with Gasteiger partial charge in [0.05, 0.1) is 32.4 Å². The number of H-pyrrole nitrogens is 1. The Bertz CT molecular complexity index is 1190. The van der Waals surface area contributed by atoms with Crippen molar-refractivity contribution in [3.8, 4) is 16.9 Å². The molecule has 2 aromatic carbocycles. The minimum absolute atomic E-state index is 0.000494. The van der Waals surface area contributed by atoms with E-state index in [0.29, 0.717) is 18.5 Å². The lowest BCUT2D eigenvalue weighted by Gasteiger charge is -2.41. The molecule has 3 aromatic rings. The summed E-state index contributed by atoms with van der Waals surface area (Å²) in [6, 6.07) is 13.9. The van der Waals surface area contributed by atoms with E-state index in [1.54, 1.807) is 13.3 Å². The van der Waals surface area contributed by atoms with Gasteiger partial charge in [-0.3, -0.25) is 14.7 Å². The molecule has 33 heavy (non-hydrogen) atoms. The molecule has 5 rings (SSSR count). The van der Waals surface area contributed by atoms with Gasteiger partial charge in [0.1, 0.15) is 5.75 Å². The molecule has 1 fully saturated rings. The zero-order chi connectivity index (χ0) is 23.0. The van der Waals surface area contributed by atoms with Crippen LogP contribution in [0.15, 0.2) is 54.9 Å². The number of aromatic amines is 1. The Kier molecular flexibility index (Phi) is 5.40. The van der Waals surface area contributed by atoms with Crippen LogP contribution in [0.1, 0.15) is 47.2 Å². The van der Waals surface area contributed by atoms with E-state index in [0.717, 1.165) is 47.3 Å². The van der Waals surface area contributed by atoms with Crippen molar-refractivity contribution in [1.82, 2.24) is 15.1 Å². The fourth-order valence-corrected chi connectivity index (χ4v) is 5.65. The number of esters is 1. The van der Waals surface area contributed by atoms with Crippen LogP contribution < -0.4 is 4.74 Å². The number of aromatic nitrogens is 2. The number of amides is 1. The van der Waals surface area contributed by atoms with Gasteiger partial charge in [0.15, 0.2) is 0 Å². The summed E-state index contributed by atoms with van der Waals surface area (Å²) in [7, 11) is 3.06. The molecule has 1 saturated carbocycles. The second kappa shape index (κ2) is 8.39. The zero-order valence-electron chi connectivity index (χ0n) is 18.8. The van der Waals surface area contributed by atoms with Crippen molar-refractivity contribution in [2.24, 2.45) is 5.92 Å². The maximum Gasteiger partial charge on any atom is 0.305 e. The number of nitrogens with zero attached hydrogens (tertiary/aromatic N) is 2. The third-order valence-corrected chi connectivity index (χ3v) is 7.18. The maximum atomic E-state index is 13.9. The van der Waals surface area contributed by atoms with E-state index in [4.69, 9.17) is 9.47 Å². The van der Waals surface area contributed by atoms with Gasteiger partial charge >= 0.3 is 5.97 Å². The first kappa shape index (κ1) is 21.2. The van der Waals surface area contributed by atoms with Gasteiger partial charge in [0.25, 0.3) is 5.91 Å². The van der Waals surface area contributed by atoms with E-state index < -0.39 is 5.54 Å². The topological polar surface area (TPSA) is 84.5 Å². The van der Waals surface area contributed by atoms with Crippen LogP contribution in [0.25, 0.3) is 11.1 Å². The molecule has 2 heterocycles. The molecular weight excluding hydrogens is 418 g/mol. The van der Waals surface area contributed by atoms with Crippen LogP contribution in [0.2, 0.25) is 0 Å². The van der Waals surface area contributed by atoms with Crippen molar-refractivity contribution < 1.29 is 19.1 Å². The van der Waals surface area contributed by atoms with Gasteiger partial charge in [0, 0.05) is 23.9 Å². The molecule has 1 aromatic heterocycles. The first-order valence-electron chi connectivity index (χ1n) is 11.2. The molecule has 2 aliphatic rings. The van der Waals surface area contributed by atoms with E-state index in [1.807, 2.05) is 47.5 Å². The maximum absolute atomic E-state index is 13.9. The number of fused-ring (bicyclic) bond motifs is 2. The Morgan fingerprint density at radius 3 is 2.85 bits per heavy atom. The molecule has 2 atom stereocenters. The predicted molar refractivity (Wildman–Crippen MR) is 123 cm³/mol. The highest BCUT2D eigenvalue weighted by Crippen LogP contribution is 2.55. The minimum Gasteiger partial charge on any atom is -0.497 e. The van der Waals surface area contributed by atoms with E-state index in [-0.39, 0.29) is 17.8 Å². The molecule has 1 amide bonds. The zero-order valence-corrected chi connectivity index (χ0v) is 18.8. The van der Waals surface area contributed by atoms with E-state index >= 15 is 0 Å². The standard InChI is InChI=1S/C26H27N3O4/c1-32-21-7-3-5-17(11-21)16-29-25(31)22-12-18(19-14-27-28-15-19)8-9-23(22)26(29)10-4-6-20(26)13-24(30)33-2/h3,5,7-9,11-12,14-15,20H,4,6,10,13,16H2,1-2H3,(H,27,28). The normalized spacial score (nSPS) is 21.5. The van der Waals surface area contributed by atoms with Crippen LogP contribution in [0.5, 0.6) is 5.75 Å². The predicted octanol–water partition coefficient (Wildman–Crippen LogP) is 4.30. The Morgan fingerprint density at radius 2 is 2.09 bits per heavy atom. The Labute approximate surface area is 192 Å². The van der Waals surface area contributed by atoms with Crippen LogP contribution in [0, 0.1) is 5.92 Å². The summed E-state index contributed by atoms with van der Waals surface area (Å²) in [5, 5.41) is 6.87. The fraction of sp³-hybridized carbons (Fsp3) is 0.346. The summed E-state index contributed by atoms with van der Waals surface area (Å²) in [4.78, 5) is 28.2. The number of hydrogen-bond donors (Lipinski definition) is 1. The van der Waals surface area contributed by atoms with Gasteiger partial charge in [-0.25, -0.2) is 0 Å². The Morgan fingerprint density at radius 1 is 1.21 bits per heavy atom. The van der Waals surface area contributed by atoms with Crippen LogP contribution in [0.4, 0.5) is 0 Å². The summed E-state index contributed by atoms with van der Waals surface area (Å²) < 4.78 is 10.4. The highest BCUT2D eigenvalue weighted by atomic mass is 16.5. The second-order valence-corrected chi connectivity index (χ2v) is 8.78. The van der Waals surface area contributed by atoms with Crippen LogP contribution >= 0.6 is 0 Å². The van der Waals surface area contributed by atoms with Crippen molar-refractivity contribution in [3.05, 3.63) is 71.5 Å². The lowest BCUT2D eigenvalue weighted by atomic mass is 9.78. The lowest BCUT2D eigenvalue weighted by molar-refractivity contribution is -0.142. The number of ether oxygens (including phenoxy) is 2. The van der Waals surface area contributed by atoms with Crippen molar-refractivity contribution in [2.75, 3.05) is 14.2 Å². The van der Waals surface area contributed by atoms with Crippen LogP contribution in [-0.2, 0) is 21.6 Å². The summed E-state index contributed by atoms with van der Waals surface area (Å²) in [6.45, 7) is 0.448. The minimum atomic E-state index is -0.529. The van der Waals surface area contributed by atoms with E-state index in [9.17, 15) is 9.59 Å². The van der Waals surface area contributed by atoms with Crippen molar-refractivity contribution in [1.29, 1.82) is 0 Å². The van der Waals surface area contributed by atoms with Gasteiger partial charge < -0.3 is 14.4 Å². The average Bonchev–Trinajstić information content (AvgIpc) is 3.57. The summed E-state index contributed by atoms with van der Waals surface area (Å²) in [5.41, 5.74) is 4.05. The average molecular weight is 446 g/mol. The van der Waals surface area contributed by atoms with Crippen LogP contribution in [0.3, 0.4) is 0 Å². The smallest absolute Gasteiger partial charge is 0.305 e. The van der Waals surface area contributed by atoms with Gasteiger partial charge in [0.2, 0.25) is 0 Å². The molecule has 7 heteroatoms. The molecule has 2 unspecified atom stereocenters. The molecule has 0 bridgehead atoms. The molecule has 1 N–H and O–H groups in total. The van der Waals surface area contributed by atoms with Gasteiger partial charge in [-0.1, -0.05) is 30.7 Å². The summed E-state index contributed by atoms with van der Waals surface area (Å²) >= 11 is 0. The molecule has 170 valence electrons. The molecule has 1 aliphatic carbocycles. The summed E-state index contributed by atoms with van der Waals surface area (Å²) in [6.07, 6.45) is 6.51. The first-order valence-corrected chi connectivity index (χ1v) is 11.2. The SMILES string of the molecule is COC(=O)CC1CCCC12c1ccc(-c3cn[nH]c3)cc1C(=O)N2Cc1cccc(OC)c1. The first-order chi connectivity index (χ1) is 16.1. The van der Waals surface area contributed by atoms with Crippen molar-refractivity contribution in [3.63, 3.8) is 0 Å². The number of benzene rings is 2. The molecule has 1 spiro atoms. The Hall–Kier alpha value is -3.61. The summed E-state index contributed by atoms with van der Waals surface area (Å²) in [5.74, 6) is 0.513. The van der Waals surface area contributed by atoms with E-state index in [1.165, 1.54) is 7.11 Å². The van der Waals surface area contributed by atoms with Gasteiger partial charge in [-0.2, -0.15) is 5.10 Å². The van der Waals surface area contributed by atoms with Crippen molar-refractivity contribution >= 4 is 11.9 Å². The highest BCUT2D eigenvalue weighted by molar-refractivity contribution is 6.01. The fourth-order valence-electron chi connectivity index (χ4n) is 5.65. The largest absolute Gasteiger partial charge is 0.497 e. The van der Waals surface area contributed by atoms with Crippen molar-refractivity contribution in [2.45, 2.75) is 37.8 Å². The number of methoxy groups -OCH3 is 2. The molecule has 7 nitrogen and oxygen atoms in total.